The third-order valence-electron chi connectivity index (χ3n) is 0.934. The summed E-state index contributed by atoms with van der Waals surface area (Å²) in [4.78, 5) is 0. The molecule has 0 aliphatic carbocycles. The molecule has 9 heavy (non-hydrogen) atoms. The van der Waals surface area contributed by atoms with Crippen LogP contribution in [0.15, 0.2) is 0 Å². The van der Waals surface area contributed by atoms with E-state index in [1.54, 1.807) is 0 Å². The number of hydrogen-bond acceptors (Lipinski definition) is 3. The average molecular weight is 129 g/mol. The lowest BCUT2D eigenvalue weighted by molar-refractivity contribution is 0.174. The number of hydrogen-bond donors (Lipinski definition) is 3. The molecule has 0 atom stereocenters. The smallest absolute Gasteiger partial charge is 0.0607 e. The summed E-state index contributed by atoms with van der Waals surface area (Å²) in [6, 6.07) is -0.277. The van der Waals surface area contributed by atoms with Gasteiger partial charge in [0.2, 0.25) is 0 Å². The Labute approximate surface area is 54.7 Å². The van der Waals surface area contributed by atoms with Crippen molar-refractivity contribution in [1.82, 2.24) is 5.32 Å². The van der Waals surface area contributed by atoms with E-state index < -0.39 is 0 Å². The van der Waals surface area contributed by atoms with Gasteiger partial charge in [-0.3, -0.25) is 5.32 Å². The molecule has 0 fully saturated rings. The first-order valence-electron chi connectivity index (χ1n) is 2.73. The summed E-state index contributed by atoms with van der Waals surface area (Å²) < 4.78 is 0. The van der Waals surface area contributed by atoms with Crippen molar-refractivity contribution in [3.05, 3.63) is 0 Å². The molecule has 3 N–H and O–H groups in total. The minimum Gasteiger partial charge on any atom is -0.395 e. The maximum atomic E-state index is 8.46. The van der Waals surface area contributed by atoms with Gasteiger partial charge in [0.15, 0.2) is 0 Å². The molecule has 0 aromatic heterocycles. The van der Waals surface area contributed by atoms with Crippen LogP contribution in [0.1, 0.15) is 0 Å². The normalized spacial score (nSPS) is 9.56. The van der Waals surface area contributed by atoms with Gasteiger partial charge in [-0.05, 0) is 0 Å². The molecular formula is C6H11NO2. The lowest BCUT2D eigenvalue weighted by Crippen LogP contribution is -2.35. The fraction of sp³-hybridized carbons (Fsp3) is 0.667. The number of aliphatic hydroxyl groups is 2. The second-order valence-corrected chi connectivity index (χ2v) is 1.65. The zero-order valence-electron chi connectivity index (χ0n) is 5.17. The van der Waals surface area contributed by atoms with E-state index in [1.807, 2.05) is 0 Å². The molecular weight excluding hydrogens is 118 g/mol. The van der Waals surface area contributed by atoms with E-state index >= 15 is 0 Å². The van der Waals surface area contributed by atoms with Crippen LogP contribution >= 0.6 is 0 Å². The van der Waals surface area contributed by atoms with Crippen molar-refractivity contribution in [2.24, 2.45) is 0 Å². The van der Waals surface area contributed by atoms with Crippen LogP contribution in [0.25, 0.3) is 0 Å². The predicted octanol–water partition coefficient (Wildman–Crippen LogP) is -1.44. The van der Waals surface area contributed by atoms with E-state index in [1.165, 1.54) is 0 Å². The monoisotopic (exact) mass is 129 g/mol. The minimum atomic E-state index is -0.277. The van der Waals surface area contributed by atoms with Crippen molar-refractivity contribution < 1.29 is 10.2 Å². The predicted molar refractivity (Wildman–Crippen MR) is 34.8 cm³/mol. The fourth-order valence-electron chi connectivity index (χ4n) is 0.390. The molecule has 0 bridgehead atoms. The molecule has 0 rings (SSSR count). The zero-order valence-corrected chi connectivity index (χ0v) is 5.17. The Balaban J connectivity index is 3.22. The molecule has 0 aromatic carbocycles. The first-order chi connectivity index (χ1) is 4.35. The fourth-order valence-corrected chi connectivity index (χ4v) is 0.390. The summed E-state index contributed by atoms with van der Waals surface area (Å²) in [5.41, 5.74) is 0. The third-order valence-corrected chi connectivity index (χ3v) is 0.934. The van der Waals surface area contributed by atoms with Crippen LogP contribution in [0.5, 0.6) is 0 Å². The Morgan fingerprint density at radius 1 is 1.44 bits per heavy atom. The largest absolute Gasteiger partial charge is 0.395 e. The molecule has 0 heterocycles. The van der Waals surface area contributed by atoms with Gasteiger partial charge in [0.25, 0.3) is 0 Å². The van der Waals surface area contributed by atoms with Crippen LogP contribution in [0, 0.1) is 12.3 Å². The number of rotatable bonds is 4. The van der Waals surface area contributed by atoms with Crippen molar-refractivity contribution in [3.63, 3.8) is 0 Å². The summed E-state index contributed by atoms with van der Waals surface area (Å²) in [7, 11) is 0. The van der Waals surface area contributed by atoms with E-state index in [2.05, 4.69) is 11.2 Å². The van der Waals surface area contributed by atoms with E-state index in [0.29, 0.717) is 6.54 Å². The van der Waals surface area contributed by atoms with Crippen LogP contribution in [0.2, 0.25) is 0 Å². The Hall–Kier alpha value is -0.560. The highest BCUT2D eigenvalue weighted by Gasteiger charge is 2.00. The van der Waals surface area contributed by atoms with Crippen molar-refractivity contribution in [2.75, 3.05) is 19.8 Å². The van der Waals surface area contributed by atoms with Crippen LogP contribution in [-0.4, -0.2) is 36.0 Å². The number of terminal acetylenes is 1. The first-order valence-corrected chi connectivity index (χ1v) is 2.73. The van der Waals surface area contributed by atoms with Gasteiger partial charge in [0.1, 0.15) is 0 Å². The summed E-state index contributed by atoms with van der Waals surface area (Å²) in [6.07, 6.45) is 4.91. The zero-order chi connectivity index (χ0) is 7.11. The SMILES string of the molecule is C#CCNC(CO)CO. The van der Waals surface area contributed by atoms with Crippen molar-refractivity contribution in [3.8, 4) is 12.3 Å². The lowest BCUT2D eigenvalue weighted by atomic mass is 10.3. The second kappa shape index (κ2) is 5.57. The van der Waals surface area contributed by atoms with Crippen molar-refractivity contribution in [1.29, 1.82) is 0 Å². The lowest BCUT2D eigenvalue weighted by Gasteiger charge is -2.09. The highest BCUT2D eigenvalue weighted by Crippen LogP contribution is 1.75. The molecule has 0 saturated carbocycles. The summed E-state index contributed by atoms with van der Waals surface area (Å²) in [6.45, 7) is 0.210. The van der Waals surface area contributed by atoms with Crippen LogP contribution < -0.4 is 5.32 Å². The summed E-state index contributed by atoms with van der Waals surface area (Å²) >= 11 is 0. The Morgan fingerprint density at radius 2 is 2.00 bits per heavy atom. The maximum absolute atomic E-state index is 8.46. The van der Waals surface area contributed by atoms with Crippen LogP contribution in [0.3, 0.4) is 0 Å². The molecule has 0 saturated heterocycles. The number of aliphatic hydroxyl groups excluding tert-OH is 2. The average Bonchev–Trinajstić information content (AvgIpc) is 1.91. The van der Waals surface area contributed by atoms with Crippen LogP contribution in [0.4, 0.5) is 0 Å². The van der Waals surface area contributed by atoms with Crippen LogP contribution in [-0.2, 0) is 0 Å². The Kier molecular flexibility index (Phi) is 5.23. The molecule has 0 spiro atoms. The maximum Gasteiger partial charge on any atom is 0.0607 e. The highest BCUT2D eigenvalue weighted by atomic mass is 16.3. The van der Waals surface area contributed by atoms with E-state index in [9.17, 15) is 0 Å². The van der Waals surface area contributed by atoms with E-state index in [-0.39, 0.29) is 19.3 Å². The standard InChI is InChI=1S/C6H11NO2/c1-2-3-7-6(4-8)5-9/h1,6-9H,3-5H2. The Bertz CT molecular complexity index is 93.7. The Morgan fingerprint density at radius 3 is 2.33 bits per heavy atom. The molecule has 0 aliphatic rings. The van der Waals surface area contributed by atoms with Gasteiger partial charge >= 0.3 is 0 Å². The van der Waals surface area contributed by atoms with Gasteiger partial charge in [-0.2, -0.15) is 0 Å². The molecule has 3 nitrogen and oxygen atoms in total. The molecule has 0 unspecified atom stereocenters. The van der Waals surface area contributed by atoms with Crippen molar-refractivity contribution in [2.45, 2.75) is 6.04 Å². The first kappa shape index (κ1) is 8.44. The summed E-state index contributed by atoms with van der Waals surface area (Å²) in [5, 5.41) is 19.7. The minimum absolute atomic E-state index is 0.0851. The third kappa shape index (κ3) is 3.98. The van der Waals surface area contributed by atoms with Gasteiger partial charge in [-0.1, -0.05) is 5.92 Å². The molecule has 0 radical (unpaired) electrons. The van der Waals surface area contributed by atoms with E-state index in [4.69, 9.17) is 16.6 Å². The summed E-state index contributed by atoms with van der Waals surface area (Å²) in [5.74, 6) is 2.33. The van der Waals surface area contributed by atoms with Gasteiger partial charge in [0, 0.05) is 0 Å². The molecule has 0 amide bonds. The molecule has 0 aromatic rings. The van der Waals surface area contributed by atoms with Crippen molar-refractivity contribution >= 4 is 0 Å². The molecule has 0 aliphatic heterocycles. The highest BCUT2D eigenvalue weighted by molar-refractivity contribution is 4.87. The molecule has 52 valence electrons. The topological polar surface area (TPSA) is 52.5 Å². The number of nitrogens with one attached hydrogen (secondary N) is 1. The van der Waals surface area contributed by atoms with Gasteiger partial charge in [-0.15, -0.1) is 6.42 Å². The van der Waals surface area contributed by atoms with Gasteiger partial charge < -0.3 is 10.2 Å². The van der Waals surface area contributed by atoms with Gasteiger partial charge in [-0.25, -0.2) is 0 Å². The van der Waals surface area contributed by atoms with E-state index in [0.717, 1.165) is 0 Å². The second-order valence-electron chi connectivity index (χ2n) is 1.65. The molecule has 3 heteroatoms. The quantitative estimate of drug-likeness (QED) is 0.408. The van der Waals surface area contributed by atoms with Gasteiger partial charge in [0.05, 0.1) is 25.8 Å².